The quantitative estimate of drug-likeness (QED) is 0.793. The number of carbonyl (C=O) groups is 1. The fourth-order valence-corrected chi connectivity index (χ4v) is 3.71. The van der Waals surface area contributed by atoms with Gasteiger partial charge in [-0.1, -0.05) is 12.1 Å². The number of hydrogen-bond acceptors (Lipinski definition) is 3. The van der Waals surface area contributed by atoms with Crippen LogP contribution in [0, 0.1) is 5.92 Å². The van der Waals surface area contributed by atoms with E-state index in [0.717, 1.165) is 38.3 Å². The Bertz CT molecular complexity index is 515. The van der Waals surface area contributed by atoms with Crippen LogP contribution in [0.25, 0.3) is 0 Å². The van der Waals surface area contributed by atoms with Crippen molar-refractivity contribution in [2.75, 3.05) is 36.4 Å². The van der Waals surface area contributed by atoms with Crippen molar-refractivity contribution in [3.63, 3.8) is 0 Å². The second-order valence-electron chi connectivity index (χ2n) is 6.85. The van der Waals surface area contributed by atoms with Crippen molar-refractivity contribution >= 4 is 42.1 Å². The number of rotatable bonds is 5. The van der Waals surface area contributed by atoms with E-state index in [4.69, 9.17) is 0 Å². The van der Waals surface area contributed by atoms with Crippen LogP contribution in [-0.4, -0.2) is 32.1 Å². The van der Waals surface area contributed by atoms with Gasteiger partial charge in [0.05, 0.1) is 11.4 Å². The lowest BCUT2D eigenvalue weighted by Gasteiger charge is -2.30. The molecule has 2 N–H and O–H groups in total. The van der Waals surface area contributed by atoms with Crippen molar-refractivity contribution in [1.29, 1.82) is 0 Å². The van der Waals surface area contributed by atoms with E-state index in [9.17, 15) is 4.79 Å². The molecule has 2 aliphatic rings. The SMILES string of the molecule is Cl.Cl.O=C(CCC1CCNCC1)Nc1ccccc1N1CCCCC1. The first kappa shape index (κ1) is 22.1. The van der Waals surface area contributed by atoms with E-state index in [0.29, 0.717) is 12.3 Å². The molecule has 1 aromatic carbocycles. The van der Waals surface area contributed by atoms with Crippen LogP contribution in [0.1, 0.15) is 44.9 Å². The normalized spacial score (nSPS) is 18.0. The second kappa shape index (κ2) is 11.6. The minimum Gasteiger partial charge on any atom is -0.370 e. The Morgan fingerprint density at radius 3 is 2.48 bits per heavy atom. The summed E-state index contributed by atoms with van der Waals surface area (Å²) < 4.78 is 0. The van der Waals surface area contributed by atoms with Crippen molar-refractivity contribution in [3.8, 4) is 0 Å². The zero-order valence-electron chi connectivity index (χ0n) is 14.8. The topological polar surface area (TPSA) is 44.4 Å². The highest BCUT2D eigenvalue weighted by molar-refractivity contribution is 5.94. The third-order valence-corrected chi connectivity index (χ3v) is 5.11. The van der Waals surface area contributed by atoms with Crippen molar-refractivity contribution in [1.82, 2.24) is 5.32 Å². The number of hydrogen-bond donors (Lipinski definition) is 2. The Hall–Kier alpha value is -0.970. The summed E-state index contributed by atoms with van der Waals surface area (Å²) in [5.41, 5.74) is 2.16. The average molecular weight is 388 g/mol. The molecule has 25 heavy (non-hydrogen) atoms. The molecule has 6 heteroatoms. The molecule has 0 aromatic heterocycles. The summed E-state index contributed by atoms with van der Waals surface area (Å²) in [6, 6.07) is 8.24. The summed E-state index contributed by atoms with van der Waals surface area (Å²) >= 11 is 0. The number of piperidine rings is 2. The third kappa shape index (κ3) is 6.69. The number of para-hydroxylation sites is 2. The number of nitrogens with one attached hydrogen (secondary N) is 2. The maximum absolute atomic E-state index is 12.3. The number of halogens is 2. The Balaban J connectivity index is 0.00000156. The molecule has 0 saturated carbocycles. The van der Waals surface area contributed by atoms with Crippen LogP contribution in [0.5, 0.6) is 0 Å². The Kier molecular flexibility index (Phi) is 10.2. The van der Waals surface area contributed by atoms with E-state index in [1.54, 1.807) is 0 Å². The number of amides is 1. The third-order valence-electron chi connectivity index (χ3n) is 5.11. The highest BCUT2D eigenvalue weighted by Crippen LogP contribution is 2.28. The molecule has 2 heterocycles. The van der Waals surface area contributed by atoms with E-state index in [1.807, 2.05) is 12.1 Å². The summed E-state index contributed by atoms with van der Waals surface area (Å²) in [5.74, 6) is 0.868. The molecule has 0 bridgehead atoms. The maximum atomic E-state index is 12.3. The molecule has 0 aliphatic carbocycles. The van der Waals surface area contributed by atoms with Crippen LogP contribution >= 0.6 is 24.8 Å². The van der Waals surface area contributed by atoms with E-state index in [1.165, 1.54) is 37.8 Å². The minimum atomic E-state index is 0. The maximum Gasteiger partial charge on any atom is 0.224 e. The van der Waals surface area contributed by atoms with Crippen LogP contribution in [0.15, 0.2) is 24.3 Å². The largest absolute Gasteiger partial charge is 0.370 e. The number of anilines is 2. The van der Waals surface area contributed by atoms with Gasteiger partial charge in [0.25, 0.3) is 0 Å². The highest BCUT2D eigenvalue weighted by atomic mass is 35.5. The summed E-state index contributed by atoms with van der Waals surface area (Å²) in [4.78, 5) is 14.8. The predicted molar refractivity (Wildman–Crippen MR) is 110 cm³/mol. The molecule has 0 unspecified atom stereocenters. The molecule has 0 spiro atoms. The summed E-state index contributed by atoms with van der Waals surface area (Å²) in [6.45, 7) is 4.40. The van der Waals surface area contributed by atoms with Crippen LogP contribution in [0.2, 0.25) is 0 Å². The zero-order chi connectivity index (χ0) is 15.9. The second-order valence-corrected chi connectivity index (χ2v) is 6.85. The molecular weight excluding hydrogens is 357 g/mol. The lowest BCUT2D eigenvalue weighted by molar-refractivity contribution is -0.116. The van der Waals surface area contributed by atoms with Gasteiger partial charge in [0.2, 0.25) is 5.91 Å². The fraction of sp³-hybridized carbons (Fsp3) is 0.632. The van der Waals surface area contributed by atoms with E-state index < -0.39 is 0 Å². The van der Waals surface area contributed by atoms with Gasteiger partial charge in [0.1, 0.15) is 0 Å². The standard InChI is InChI=1S/C19H29N3O.2ClH/c23-19(9-8-16-10-12-20-13-11-16)21-17-6-2-3-7-18(17)22-14-4-1-5-15-22;;/h2-3,6-7,16,20H,1,4-5,8-15H2,(H,21,23);2*1H. The van der Waals surface area contributed by atoms with Gasteiger partial charge in [-0.25, -0.2) is 0 Å². The van der Waals surface area contributed by atoms with Gasteiger partial charge < -0.3 is 15.5 Å². The van der Waals surface area contributed by atoms with Crippen LogP contribution < -0.4 is 15.5 Å². The van der Waals surface area contributed by atoms with Gasteiger partial charge in [0.15, 0.2) is 0 Å². The van der Waals surface area contributed by atoms with Crippen molar-refractivity contribution < 1.29 is 4.79 Å². The number of carbonyl (C=O) groups excluding carboxylic acids is 1. The predicted octanol–water partition coefficient (Wildman–Crippen LogP) is 4.24. The van der Waals surface area contributed by atoms with Crippen molar-refractivity contribution in [2.45, 2.75) is 44.9 Å². The summed E-state index contributed by atoms with van der Waals surface area (Å²) in [7, 11) is 0. The van der Waals surface area contributed by atoms with Crippen molar-refractivity contribution in [2.24, 2.45) is 5.92 Å². The fourth-order valence-electron chi connectivity index (χ4n) is 3.71. The molecule has 3 rings (SSSR count). The van der Waals surface area contributed by atoms with Crippen LogP contribution in [0.4, 0.5) is 11.4 Å². The van der Waals surface area contributed by atoms with E-state index in [2.05, 4.69) is 27.7 Å². The molecule has 4 nitrogen and oxygen atoms in total. The molecule has 0 radical (unpaired) electrons. The van der Waals surface area contributed by atoms with Gasteiger partial charge in [0, 0.05) is 19.5 Å². The Labute approximate surface area is 163 Å². The van der Waals surface area contributed by atoms with Gasteiger partial charge >= 0.3 is 0 Å². The molecule has 2 aliphatic heterocycles. The van der Waals surface area contributed by atoms with E-state index in [-0.39, 0.29) is 30.7 Å². The molecule has 1 aromatic rings. The van der Waals surface area contributed by atoms with Crippen molar-refractivity contribution in [3.05, 3.63) is 24.3 Å². The first-order valence-corrected chi connectivity index (χ1v) is 9.17. The Morgan fingerprint density at radius 1 is 1.08 bits per heavy atom. The van der Waals surface area contributed by atoms with E-state index >= 15 is 0 Å². The molecule has 2 fully saturated rings. The first-order valence-electron chi connectivity index (χ1n) is 9.17. The van der Waals surface area contributed by atoms with Gasteiger partial charge in [-0.2, -0.15) is 0 Å². The molecule has 142 valence electrons. The minimum absolute atomic E-state index is 0. The summed E-state index contributed by atoms with van der Waals surface area (Å²) in [5, 5.41) is 6.53. The van der Waals surface area contributed by atoms with Gasteiger partial charge in [-0.15, -0.1) is 24.8 Å². The lowest BCUT2D eigenvalue weighted by Crippen LogP contribution is -2.30. The first-order chi connectivity index (χ1) is 11.3. The monoisotopic (exact) mass is 387 g/mol. The van der Waals surface area contributed by atoms with Crippen LogP contribution in [-0.2, 0) is 4.79 Å². The Morgan fingerprint density at radius 2 is 1.76 bits per heavy atom. The van der Waals surface area contributed by atoms with Gasteiger partial charge in [-0.3, -0.25) is 4.79 Å². The zero-order valence-corrected chi connectivity index (χ0v) is 16.5. The molecule has 0 atom stereocenters. The lowest BCUT2D eigenvalue weighted by atomic mass is 9.93. The number of nitrogens with zero attached hydrogens (tertiary/aromatic N) is 1. The molecule has 1 amide bonds. The highest BCUT2D eigenvalue weighted by Gasteiger charge is 2.17. The average Bonchev–Trinajstić information content (AvgIpc) is 2.62. The number of benzene rings is 1. The summed E-state index contributed by atoms with van der Waals surface area (Å²) in [6.07, 6.45) is 7.88. The molecule has 2 saturated heterocycles. The smallest absolute Gasteiger partial charge is 0.224 e. The molecular formula is C19H31Cl2N3O. The van der Waals surface area contributed by atoms with Crippen LogP contribution in [0.3, 0.4) is 0 Å². The van der Waals surface area contributed by atoms with Gasteiger partial charge in [-0.05, 0) is 69.7 Å².